The molecule has 3 heteroatoms. The Hall–Kier alpha value is -1.35. The minimum atomic E-state index is -0.178. The van der Waals surface area contributed by atoms with Crippen LogP contribution < -0.4 is 5.73 Å². The highest BCUT2D eigenvalue weighted by atomic mass is 19.1. The summed E-state index contributed by atoms with van der Waals surface area (Å²) in [6.45, 7) is 0. The van der Waals surface area contributed by atoms with Crippen LogP contribution in [0.1, 0.15) is 37.2 Å². The molecule has 1 fully saturated rings. The van der Waals surface area contributed by atoms with E-state index in [1.165, 1.54) is 24.5 Å². The zero-order valence-electron chi connectivity index (χ0n) is 9.75. The van der Waals surface area contributed by atoms with Gasteiger partial charge in [-0.05, 0) is 36.6 Å². The Bertz CT molecular complexity index is 532. The molecule has 1 aromatic carbocycles. The zero-order valence-corrected chi connectivity index (χ0v) is 9.75. The number of halogens is 1. The summed E-state index contributed by atoms with van der Waals surface area (Å²) >= 11 is 0. The van der Waals surface area contributed by atoms with E-state index in [1.54, 1.807) is 12.1 Å². The average molecular weight is 232 g/mol. The van der Waals surface area contributed by atoms with Crippen molar-refractivity contribution in [2.24, 2.45) is 5.73 Å². The molecule has 0 aliphatic heterocycles. The lowest BCUT2D eigenvalue weighted by Gasteiger charge is -2.28. The molecule has 17 heavy (non-hydrogen) atoms. The van der Waals surface area contributed by atoms with Gasteiger partial charge in [-0.1, -0.05) is 12.8 Å². The molecule has 0 amide bonds. The van der Waals surface area contributed by atoms with Crippen molar-refractivity contribution in [1.82, 2.24) is 4.98 Å². The minimum Gasteiger partial charge on any atom is -0.361 e. The van der Waals surface area contributed by atoms with Crippen LogP contribution in [0.15, 0.2) is 24.4 Å². The van der Waals surface area contributed by atoms with E-state index in [0.717, 1.165) is 23.7 Å². The van der Waals surface area contributed by atoms with Gasteiger partial charge in [0.1, 0.15) is 5.82 Å². The van der Waals surface area contributed by atoms with E-state index in [9.17, 15) is 4.39 Å². The predicted octanol–water partition coefficient (Wildman–Crippen LogP) is 3.29. The molecule has 2 atom stereocenters. The Morgan fingerprint density at radius 3 is 2.88 bits per heavy atom. The smallest absolute Gasteiger partial charge is 0.123 e. The van der Waals surface area contributed by atoms with Crippen LogP contribution in [0.3, 0.4) is 0 Å². The van der Waals surface area contributed by atoms with Gasteiger partial charge in [0.25, 0.3) is 0 Å². The van der Waals surface area contributed by atoms with Gasteiger partial charge in [0, 0.05) is 29.1 Å². The lowest BCUT2D eigenvalue weighted by molar-refractivity contribution is 0.387. The van der Waals surface area contributed by atoms with Crippen molar-refractivity contribution in [3.63, 3.8) is 0 Å². The van der Waals surface area contributed by atoms with Gasteiger partial charge in [0.05, 0.1) is 0 Å². The third-order valence-corrected chi connectivity index (χ3v) is 3.89. The Labute approximate surface area is 100 Å². The van der Waals surface area contributed by atoms with Crippen LogP contribution >= 0.6 is 0 Å². The largest absolute Gasteiger partial charge is 0.361 e. The molecule has 2 aromatic rings. The standard InChI is InChI=1S/C14H17FN2/c15-9-5-6-14-11(7-9)12(8-17-14)10-3-1-2-4-13(10)16/h5-8,10,13,17H,1-4,16H2. The van der Waals surface area contributed by atoms with Gasteiger partial charge in [-0.25, -0.2) is 4.39 Å². The Balaban J connectivity index is 2.07. The minimum absolute atomic E-state index is 0.178. The number of benzene rings is 1. The number of fused-ring (bicyclic) bond motifs is 1. The predicted molar refractivity (Wildman–Crippen MR) is 67.4 cm³/mol. The SMILES string of the molecule is NC1CCCCC1c1c[nH]c2ccc(F)cc12. The highest BCUT2D eigenvalue weighted by molar-refractivity contribution is 5.83. The molecule has 1 heterocycles. The molecule has 0 bridgehead atoms. The van der Waals surface area contributed by atoms with Crippen molar-refractivity contribution in [3.8, 4) is 0 Å². The molecular formula is C14H17FN2. The van der Waals surface area contributed by atoms with E-state index < -0.39 is 0 Å². The molecule has 1 aliphatic carbocycles. The first-order valence-corrected chi connectivity index (χ1v) is 6.28. The number of rotatable bonds is 1. The van der Waals surface area contributed by atoms with E-state index in [1.807, 2.05) is 6.20 Å². The molecule has 2 nitrogen and oxygen atoms in total. The number of hydrogen-bond donors (Lipinski definition) is 2. The number of nitrogens with two attached hydrogens (primary N) is 1. The fourth-order valence-corrected chi connectivity index (χ4v) is 2.97. The van der Waals surface area contributed by atoms with Crippen molar-refractivity contribution in [2.45, 2.75) is 37.6 Å². The van der Waals surface area contributed by atoms with Crippen LogP contribution in [-0.4, -0.2) is 11.0 Å². The number of hydrogen-bond acceptors (Lipinski definition) is 1. The summed E-state index contributed by atoms with van der Waals surface area (Å²) in [5, 5.41) is 0.993. The fourth-order valence-electron chi connectivity index (χ4n) is 2.97. The molecule has 1 aliphatic rings. The van der Waals surface area contributed by atoms with Gasteiger partial charge in [0.2, 0.25) is 0 Å². The van der Waals surface area contributed by atoms with Crippen molar-refractivity contribution in [2.75, 3.05) is 0 Å². The molecule has 0 saturated heterocycles. The number of aromatic nitrogens is 1. The summed E-state index contributed by atoms with van der Waals surface area (Å²) < 4.78 is 13.3. The quantitative estimate of drug-likeness (QED) is 0.778. The van der Waals surface area contributed by atoms with Crippen molar-refractivity contribution in [1.29, 1.82) is 0 Å². The van der Waals surface area contributed by atoms with Crippen molar-refractivity contribution >= 4 is 10.9 Å². The second kappa shape index (κ2) is 4.15. The topological polar surface area (TPSA) is 41.8 Å². The van der Waals surface area contributed by atoms with E-state index in [2.05, 4.69) is 4.98 Å². The zero-order chi connectivity index (χ0) is 11.8. The Kier molecular flexibility index (Phi) is 2.63. The van der Waals surface area contributed by atoms with Crippen LogP contribution in [0.2, 0.25) is 0 Å². The van der Waals surface area contributed by atoms with Gasteiger partial charge < -0.3 is 10.7 Å². The third-order valence-electron chi connectivity index (χ3n) is 3.89. The number of aromatic amines is 1. The Morgan fingerprint density at radius 2 is 2.06 bits per heavy atom. The van der Waals surface area contributed by atoms with Crippen LogP contribution in [0.4, 0.5) is 4.39 Å². The average Bonchev–Trinajstić information content (AvgIpc) is 2.72. The lowest BCUT2D eigenvalue weighted by atomic mass is 9.80. The lowest BCUT2D eigenvalue weighted by Crippen LogP contribution is -2.31. The van der Waals surface area contributed by atoms with E-state index in [0.29, 0.717) is 5.92 Å². The molecule has 0 spiro atoms. The molecular weight excluding hydrogens is 215 g/mol. The number of H-pyrrole nitrogens is 1. The van der Waals surface area contributed by atoms with E-state index in [4.69, 9.17) is 5.73 Å². The maximum absolute atomic E-state index is 13.3. The number of nitrogens with one attached hydrogen (secondary N) is 1. The van der Waals surface area contributed by atoms with Crippen molar-refractivity contribution < 1.29 is 4.39 Å². The first-order valence-electron chi connectivity index (χ1n) is 6.28. The van der Waals surface area contributed by atoms with E-state index in [-0.39, 0.29) is 11.9 Å². The van der Waals surface area contributed by atoms with Gasteiger partial charge in [-0.2, -0.15) is 0 Å². The summed E-state index contributed by atoms with van der Waals surface area (Å²) in [6, 6.07) is 5.11. The monoisotopic (exact) mass is 232 g/mol. The molecule has 1 aromatic heterocycles. The maximum Gasteiger partial charge on any atom is 0.123 e. The van der Waals surface area contributed by atoms with Crippen LogP contribution in [-0.2, 0) is 0 Å². The summed E-state index contributed by atoms with van der Waals surface area (Å²) in [5.74, 6) is 0.196. The van der Waals surface area contributed by atoms with E-state index >= 15 is 0 Å². The Morgan fingerprint density at radius 1 is 1.24 bits per heavy atom. The second-order valence-corrected chi connectivity index (χ2v) is 4.99. The molecule has 2 unspecified atom stereocenters. The highest BCUT2D eigenvalue weighted by Crippen LogP contribution is 2.35. The normalized spacial score (nSPS) is 25.3. The highest BCUT2D eigenvalue weighted by Gasteiger charge is 2.25. The van der Waals surface area contributed by atoms with Crippen molar-refractivity contribution in [3.05, 3.63) is 35.8 Å². The first kappa shape index (κ1) is 10.8. The molecule has 0 radical (unpaired) electrons. The summed E-state index contributed by atoms with van der Waals surface area (Å²) in [5.41, 5.74) is 8.38. The van der Waals surface area contributed by atoms with Crippen LogP contribution in [0.25, 0.3) is 10.9 Å². The molecule has 1 saturated carbocycles. The van der Waals surface area contributed by atoms with Gasteiger partial charge in [0.15, 0.2) is 0 Å². The summed E-state index contributed by atoms with van der Waals surface area (Å²) in [7, 11) is 0. The third kappa shape index (κ3) is 1.84. The van der Waals surface area contributed by atoms with Gasteiger partial charge in [-0.3, -0.25) is 0 Å². The summed E-state index contributed by atoms with van der Waals surface area (Å²) in [6.07, 6.45) is 6.63. The first-order chi connectivity index (χ1) is 8.25. The van der Waals surface area contributed by atoms with Crippen LogP contribution in [0.5, 0.6) is 0 Å². The summed E-state index contributed by atoms with van der Waals surface area (Å²) in [4.78, 5) is 3.21. The molecule has 3 N–H and O–H groups in total. The van der Waals surface area contributed by atoms with Gasteiger partial charge >= 0.3 is 0 Å². The van der Waals surface area contributed by atoms with Crippen LogP contribution in [0, 0.1) is 5.82 Å². The molecule has 3 rings (SSSR count). The fraction of sp³-hybridized carbons (Fsp3) is 0.429. The second-order valence-electron chi connectivity index (χ2n) is 4.99. The maximum atomic E-state index is 13.3. The van der Waals surface area contributed by atoms with Gasteiger partial charge in [-0.15, -0.1) is 0 Å². The molecule has 90 valence electrons.